The third-order valence-electron chi connectivity index (χ3n) is 7.56. The number of carbonyl (C=O) groups excluding carboxylic acids is 1. The van der Waals surface area contributed by atoms with Gasteiger partial charge in [0.05, 0.1) is 0 Å². The first-order valence-corrected chi connectivity index (χ1v) is 13.9. The minimum absolute atomic E-state index is 0.0366. The molecule has 6 nitrogen and oxygen atoms in total. The predicted octanol–water partition coefficient (Wildman–Crippen LogP) is 4.25. The van der Waals surface area contributed by atoms with Gasteiger partial charge in [-0.3, -0.25) is 4.79 Å². The van der Waals surface area contributed by atoms with Crippen LogP contribution in [0.4, 0.5) is 10.1 Å². The molecule has 0 amide bonds. The van der Waals surface area contributed by atoms with Gasteiger partial charge in [-0.15, -0.1) is 0 Å². The number of halogens is 1. The van der Waals surface area contributed by atoms with E-state index >= 15 is 4.39 Å². The molecule has 2 unspecified atom stereocenters. The van der Waals surface area contributed by atoms with Gasteiger partial charge in [-0.2, -0.15) is 4.31 Å². The van der Waals surface area contributed by atoms with Crippen molar-refractivity contribution < 1.29 is 17.6 Å². The topological polar surface area (TPSA) is 60.9 Å². The fourth-order valence-electron chi connectivity index (χ4n) is 5.46. The Kier molecular flexibility index (Phi) is 6.68. The average Bonchev–Trinajstić information content (AvgIpc) is 3.29. The summed E-state index contributed by atoms with van der Waals surface area (Å²) in [6, 6.07) is 14.3. The van der Waals surface area contributed by atoms with Crippen molar-refractivity contribution in [2.45, 2.75) is 50.4 Å². The van der Waals surface area contributed by atoms with Crippen molar-refractivity contribution >= 4 is 21.5 Å². The smallest absolute Gasteiger partial charge is 0.221 e. The number of sulfonamides is 1. The molecule has 0 saturated carbocycles. The van der Waals surface area contributed by atoms with Gasteiger partial charge >= 0.3 is 0 Å². The lowest BCUT2D eigenvalue weighted by Crippen LogP contribution is -2.46. The monoisotopic (exact) mass is 497 g/mol. The highest BCUT2D eigenvalue weighted by Crippen LogP contribution is 2.38. The lowest BCUT2D eigenvalue weighted by Gasteiger charge is -2.38. The lowest BCUT2D eigenvalue weighted by molar-refractivity contribution is -0.114. The number of benzene rings is 2. The zero-order chi connectivity index (χ0) is 24.6. The highest BCUT2D eigenvalue weighted by Gasteiger charge is 2.40. The molecule has 2 aromatic rings. The van der Waals surface area contributed by atoms with Crippen LogP contribution >= 0.6 is 0 Å². The molecule has 2 atom stereocenters. The second kappa shape index (κ2) is 9.74. The number of carbonyl (C=O) groups is 1. The summed E-state index contributed by atoms with van der Waals surface area (Å²) in [6.07, 6.45) is 4.47. The van der Waals surface area contributed by atoms with Gasteiger partial charge in [0, 0.05) is 68.2 Å². The fourth-order valence-corrected chi connectivity index (χ4v) is 7.65. The normalized spacial score (nSPS) is 25.1. The van der Waals surface area contributed by atoms with E-state index in [1.807, 2.05) is 43.3 Å². The van der Waals surface area contributed by atoms with Gasteiger partial charge in [-0.05, 0) is 43.9 Å². The maximum atomic E-state index is 15.2. The number of piperazine rings is 1. The first kappa shape index (κ1) is 24.0. The lowest BCUT2D eigenvalue weighted by atomic mass is 10.0. The van der Waals surface area contributed by atoms with E-state index in [1.54, 1.807) is 12.1 Å². The zero-order valence-electron chi connectivity index (χ0n) is 20.1. The Hall–Kier alpha value is -2.71. The molecule has 0 radical (unpaired) electrons. The average molecular weight is 498 g/mol. The molecular weight excluding hydrogens is 465 g/mol. The highest BCUT2D eigenvalue weighted by atomic mass is 32.2. The molecule has 3 aliphatic rings. The third-order valence-corrected chi connectivity index (χ3v) is 9.93. The maximum absolute atomic E-state index is 15.2. The van der Waals surface area contributed by atoms with Crippen LogP contribution in [0.3, 0.4) is 0 Å². The number of ketones is 1. The van der Waals surface area contributed by atoms with Crippen molar-refractivity contribution in [1.82, 2.24) is 9.21 Å². The molecule has 1 aliphatic carbocycles. The van der Waals surface area contributed by atoms with E-state index in [0.29, 0.717) is 18.4 Å². The summed E-state index contributed by atoms with van der Waals surface area (Å²) in [7, 11) is -3.61. The van der Waals surface area contributed by atoms with Crippen molar-refractivity contribution in [2.24, 2.45) is 0 Å². The standard InChI is InChI=1S/C27H32FN3O3S/c1-20-7-12-27(21-5-3-2-4-6-21)35(33,34)31(20)19-22-8-9-24(18-26(22)28)30-15-13-29(14-16-30)23-10-11-25(32)17-23/h2-6,8-9,17-18,20,27H,7,10-16,19H2,1H3. The van der Waals surface area contributed by atoms with E-state index in [-0.39, 0.29) is 24.2 Å². The van der Waals surface area contributed by atoms with E-state index < -0.39 is 15.3 Å². The van der Waals surface area contributed by atoms with Gasteiger partial charge < -0.3 is 9.80 Å². The first-order chi connectivity index (χ1) is 16.8. The third kappa shape index (κ3) is 4.86. The van der Waals surface area contributed by atoms with Crippen molar-refractivity contribution in [1.29, 1.82) is 0 Å². The molecule has 2 aliphatic heterocycles. The zero-order valence-corrected chi connectivity index (χ0v) is 20.9. The summed E-state index contributed by atoms with van der Waals surface area (Å²) in [5.41, 5.74) is 3.10. The van der Waals surface area contributed by atoms with Crippen molar-refractivity contribution in [3.05, 3.63) is 77.2 Å². The Balaban J connectivity index is 1.28. The molecule has 0 N–H and O–H groups in total. The molecule has 2 saturated heterocycles. The molecule has 5 rings (SSSR count). The minimum atomic E-state index is -3.61. The number of allylic oxidation sites excluding steroid dienone is 2. The van der Waals surface area contributed by atoms with Crippen LogP contribution in [0.15, 0.2) is 60.3 Å². The Morgan fingerprint density at radius 3 is 2.31 bits per heavy atom. The van der Waals surface area contributed by atoms with Crippen LogP contribution in [-0.2, 0) is 21.4 Å². The van der Waals surface area contributed by atoms with E-state index in [4.69, 9.17) is 0 Å². The summed E-state index contributed by atoms with van der Waals surface area (Å²) >= 11 is 0. The Morgan fingerprint density at radius 2 is 1.66 bits per heavy atom. The second-order valence-corrected chi connectivity index (χ2v) is 11.8. The van der Waals surface area contributed by atoms with Crippen LogP contribution in [0.25, 0.3) is 0 Å². The van der Waals surface area contributed by atoms with Crippen molar-refractivity contribution in [2.75, 3.05) is 31.1 Å². The summed E-state index contributed by atoms with van der Waals surface area (Å²) in [4.78, 5) is 15.9. The van der Waals surface area contributed by atoms with Crippen LogP contribution in [0.5, 0.6) is 0 Å². The number of nitrogens with zero attached hydrogens (tertiary/aromatic N) is 3. The molecule has 186 valence electrons. The molecule has 2 fully saturated rings. The molecule has 0 aromatic heterocycles. The maximum Gasteiger partial charge on any atom is 0.221 e. The minimum Gasteiger partial charge on any atom is -0.371 e. The largest absolute Gasteiger partial charge is 0.371 e. The van der Waals surface area contributed by atoms with Gasteiger partial charge in [0.15, 0.2) is 5.78 Å². The highest BCUT2D eigenvalue weighted by molar-refractivity contribution is 7.89. The second-order valence-electron chi connectivity index (χ2n) is 9.77. The summed E-state index contributed by atoms with van der Waals surface area (Å²) in [6.45, 7) is 5.04. The van der Waals surface area contributed by atoms with Crippen molar-refractivity contribution in [3.8, 4) is 0 Å². The van der Waals surface area contributed by atoms with Gasteiger partial charge in [-0.25, -0.2) is 12.8 Å². The van der Waals surface area contributed by atoms with Crippen LogP contribution < -0.4 is 4.90 Å². The van der Waals surface area contributed by atoms with Crippen LogP contribution in [-0.4, -0.2) is 55.6 Å². The number of anilines is 1. The van der Waals surface area contributed by atoms with E-state index in [1.165, 1.54) is 10.4 Å². The van der Waals surface area contributed by atoms with Crippen LogP contribution in [0.2, 0.25) is 0 Å². The van der Waals surface area contributed by atoms with E-state index in [0.717, 1.165) is 56.0 Å². The Morgan fingerprint density at radius 1 is 0.943 bits per heavy atom. The molecular formula is C27H32FN3O3S. The van der Waals surface area contributed by atoms with E-state index in [2.05, 4.69) is 9.80 Å². The molecule has 2 heterocycles. The summed E-state index contributed by atoms with van der Waals surface area (Å²) < 4.78 is 43.7. The molecule has 0 bridgehead atoms. The predicted molar refractivity (Wildman–Crippen MR) is 135 cm³/mol. The number of hydrogen-bond donors (Lipinski definition) is 0. The SMILES string of the molecule is CC1CCC(c2ccccc2)S(=O)(=O)N1Cc1ccc(N2CCN(C3=CC(=O)CC3)CC2)cc1F. The summed E-state index contributed by atoms with van der Waals surface area (Å²) in [5, 5.41) is -0.594. The van der Waals surface area contributed by atoms with Crippen LogP contribution in [0, 0.1) is 5.82 Å². The van der Waals surface area contributed by atoms with Gasteiger partial charge in [0.2, 0.25) is 10.0 Å². The van der Waals surface area contributed by atoms with Crippen LogP contribution in [0.1, 0.15) is 49.0 Å². The number of rotatable bonds is 5. The molecule has 2 aromatic carbocycles. The quantitative estimate of drug-likeness (QED) is 0.618. The van der Waals surface area contributed by atoms with E-state index in [9.17, 15) is 13.2 Å². The molecule has 8 heteroatoms. The first-order valence-electron chi connectivity index (χ1n) is 12.4. The summed E-state index contributed by atoms with van der Waals surface area (Å²) in [5.74, 6) is -0.182. The fraction of sp³-hybridized carbons (Fsp3) is 0.444. The van der Waals surface area contributed by atoms with Crippen molar-refractivity contribution in [3.63, 3.8) is 0 Å². The number of hydrogen-bond acceptors (Lipinski definition) is 5. The van der Waals surface area contributed by atoms with Gasteiger partial charge in [-0.1, -0.05) is 36.4 Å². The Bertz CT molecular complexity index is 1220. The van der Waals surface area contributed by atoms with Gasteiger partial charge in [0.1, 0.15) is 11.1 Å². The Labute approximate surface area is 207 Å². The van der Waals surface area contributed by atoms with Gasteiger partial charge in [0.25, 0.3) is 0 Å². The molecule has 35 heavy (non-hydrogen) atoms. The molecule has 0 spiro atoms.